The Kier molecular flexibility index (Phi) is 10.5. The lowest BCUT2D eigenvalue weighted by atomic mass is 10.0. The van der Waals surface area contributed by atoms with E-state index in [1.54, 1.807) is 54.6 Å². The lowest BCUT2D eigenvalue weighted by Gasteiger charge is -2.33. The maximum atomic E-state index is 14.0. The monoisotopic (exact) mass is 569 g/mol. The molecular weight excluding hydrogens is 534 g/mol. The molecule has 0 saturated heterocycles. The second-order valence-corrected chi connectivity index (χ2v) is 11.8. The number of nitrogens with one attached hydrogen (secondary N) is 1. The van der Waals surface area contributed by atoms with Crippen LogP contribution in [0.5, 0.6) is 0 Å². The Bertz CT molecular complexity index is 1350. The summed E-state index contributed by atoms with van der Waals surface area (Å²) in [5, 5.41) is 3.35. The maximum Gasteiger partial charge on any atom is 0.264 e. The zero-order valence-corrected chi connectivity index (χ0v) is 24.4. The van der Waals surface area contributed by atoms with E-state index in [2.05, 4.69) is 19.2 Å². The molecule has 1 atom stereocenters. The molecule has 1 N–H and O–H groups in total. The minimum absolute atomic E-state index is 0.0748. The summed E-state index contributed by atoms with van der Waals surface area (Å²) in [4.78, 5) is 28.5. The van der Waals surface area contributed by atoms with E-state index in [4.69, 9.17) is 11.6 Å². The molecule has 7 nitrogen and oxygen atoms in total. The van der Waals surface area contributed by atoms with Crippen molar-refractivity contribution in [3.05, 3.63) is 95.0 Å². The molecule has 208 valence electrons. The first-order valence-electron chi connectivity index (χ1n) is 13.1. The number of amides is 2. The Morgan fingerprint density at radius 2 is 1.51 bits per heavy atom. The average molecular weight is 570 g/mol. The van der Waals surface area contributed by atoms with Gasteiger partial charge in [0.15, 0.2) is 0 Å². The summed E-state index contributed by atoms with van der Waals surface area (Å²) in [6, 6.07) is 21.4. The summed E-state index contributed by atoms with van der Waals surface area (Å²) in [7, 11) is -4.09. The van der Waals surface area contributed by atoms with Crippen LogP contribution in [0, 0.1) is 0 Å². The number of carbonyl (C=O) groups excluding carboxylic acids is 2. The summed E-state index contributed by atoms with van der Waals surface area (Å²) in [5.74, 6) is -0.520. The first-order chi connectivity index (χ1) is 18.6. The van der Waals surface area contributed by atoms with Crippen LogP contribution >= 0.6 is 11.6 Å². The van der Waals surface area contributed by atoms with Gasteiger partial charge in [0.05, 0.1) is 10.6 Å². The third-order valence-electron chi connectivity index (χ3n) is 6.46. The van der Waals surface area contributed by atoms with E-state index in [-0.39, 0.29) is 23.3 Å². The molecule has 0 saturated carbocycles. The van der Waals surface area contributed by atoms with Gasteiger partial charge < -0.3 is 10.2 Å². The molecule has 2 amide bonds. The highest BCUT2D eigenvalue weighted by molar-refractivity contribution is 7.92. The standard InChI is InChI=1S/C30H36ClN3O4S/c1-5-28(30(36)32-6-2)33(20-23-12-16-25(31)17-13-23)29(35)21-34(26-18-14-24(15-19-26)22(3)4)39(37,38)27-10-8-7-9-11-27/h7-19,22,28H,5-6,20-21H2,1-4H3,(H,32,36)/t28-/m0/s1. The lowest BCUT2D eigenvalue weighted by molar-refractivity contribution is -0.140. The molecule has 0 heterocycles. The third kappa shape index (κ3) is 7.61. The molecule has 0 fully saturated rings. The summed E-state index contributed by atoms with van der Waals surface area (Å²) in [6.07, 6.45) is 0.361. The number of carbonyl (C=O) groups is 2. The molecule has 9 heteroatoms. The van der Waals surface area contributed by atoms with Gasteiger partial charge >= 0.3 is 0 Å². The van der Waals surface area contributed by atoms with E-state index in [0.29, 0.717) is 23.7 Å². The van der Waals surface area contributed by atoms with Crippen LogP contribution in [0.4, 0.5) is 5.69 Å². The fourth-order valence-electron chi connectivity index (χ4n) is 4.27. The van der Waals surface area contributed by atoms with Crippen molar-refractivity contribution in [2.75, 3.05) is 17.4 Å². The molecular formula is C30H36ClN3O4S. The lowest BCUT2D eigenvalue weighted by Crippen LogP contribution is -2.52. The van der Waals surface area contributed by atoms with Gasteiger partial charge in [0.25, 0.3) is 10.0 Å². The number of hydrogen-bond acceptors (Lipinski definition) is 4. The highest BCUT2D eigenvalue weighted by Crippen LogP contribution is 2.27. The molecule has 0 unspecified atom stereocenters. The van der Waals surface area contributed by atoms with E-state index in [1.807, 2.05) is 26.0 Å². The first-order valence-corrected chi connectivity index (χ1v) is 14.9. The van der Waals surface area contributed by atoms with Gasteiger partial charge in [-0.05, 0) is 66.8 Å². The van der Waals surface area contributed by atoms with Gasteiger partial charge in [0.2, 0.25) is 11.8 Å². The van der Waals surface area contributed by atoms with Gasteiger partial charge in [0, 0.05) is 18.1 Å². The van der Waals surface area contributed by atoms with Crippen LogP contribution in [0.1, 0.15) is 51.2 Å². The molecule has 0 bridgehead atoms. The Labute approximate surface area is 236 Å². The van der Waals surface area contributed by atoms with E-state index in [0.717, 1.165) is 15.4 Å². The van der Waals surface area contributed by atoms with Crippen molar-refractivity contribution in [1.82, 2.24) is 10.2 Å². The van der Waals surface area contributed by atoms with E-state index in [9.17, 15) is 18.0 Å². The fourth-order valence-corrected chi connectivity index (χ4v) is 5.83. The molecule has 0 aliphatic rings. The van der Waals surface area contributed by atoms with Crippen LogP contribution < -0.4 is 9.62 Å². The van der Waals surface area contributed by atoms with Gasteiger partial charge in [0.1, 0.15) is 12.6 Å². The van der Waals surface area contributed by atoms with Gasteiger partial charge in [-0.2, -0.15) is 0 Å². The topological polar surface area (TPSA) is 86.8 Å². The smallest absolute Gasteiger partial charge is 0.264 e. The van der Waals surface area contributed by atoms with Crippen molar-refractivity contribution >= 4 is 39.1 Å². The fraction of sp³-hybridized carbons (Fsp3) is 0.333. The minimum Gasteiger partial charge on any atom is -0.355 e. The SMILES string of the molecule is CCNC(=O)[C@H](CC)N(Cc1ccc(Cl)cc1)C(=O)CN(c1ccc(C(C)C)cc1)S(=O)(=O)c1ccccc1. The number of nitrogens with zero attached hydrogens (tertiary/aromatic N) is 2. The number of likely N-dealkylation sites (N-methyl/N-ethyl adjacent to an activating group) is 1. The van der Waals surface area contributed by atoms with Crippen LogP contribution in [0.25, 0.3) is 0 Å². The zero-order valence-electron chi connectivity index (χ0n) is 22.8. The number of halogens is 1. The second kappa shape index (κ2) is 13.6. The molecule has 0 aromatic heterocycles. The quantitative estimate of drug-likeness (QED) is 0.307. The minimum atomic E-state index is -4.09. The van der Waals surface area contributed by atoms with Crippen molar-refractivity contribution in [2.24, 2.45) is 0 Å². The summed E-state index contributed by atoms with van der Waals surface area (Å²) >= 11 is 6.05. The van der Waals surface area contributed by atoms with E-state index < -0.39 is 28.5 Å². The molecule has 0 radical (unpaired) electrons. The Hall–Kier alpha value is -3.36. The van der Waals surface area contributed by atoms with Crippen molar-refractivity contribution in [1.29, 1.82) is 0 Å². The van der Waals surface area contributed by atoms with Crippen molar-refractivity contribution < 1.29 is 18.0 Å². The van der Waals surface area contributed by atoms with Gasteiger partial charge in [-0.15, -0.1) is 0 Å². The van der Waals surface area contributed by atoms with Crippen molar-refractivity contribution in [3.8, 4) is 0 Å². The van der Waals surface area contributed by atoms with E-state index >= 15 is 0 Å². The predicted octanol–water partition coefficient (Wildman–Crippen LogP) is 5.60. The van der Waals surface area contributed by atoms with Crippen LogP contribution in [0.15, 0.2) is 83.8 Å². The predicted molar refractivity (Wildman–Crippen MR) is 156 cm³/mol. The molecule has 3 aromatic rings. The van der Waals surface area contributed by atoms with Crippen LogP contribution in [-0.4, -0.2) is 44.3 Å². The molecule has 3 rings (SSSR count). The van der Waals surface area contributed by atoms with Crippen molar-refractivity contribution in [3.63, 3.8) is 0 Å². The van der Waals surface area contributed by atoms with Crippen molar-refractivity contribution in [2.45, 2.75) is 57.5 Å². The normalized spacial score (nSPS) is 12.2. The molecule has 3 aromatic carbocycles. The number of rotatable bonds is 12. The average Bonchev–Trinajstić information content (AvgIpc) is 2.93. The van der Waals surface area contributed by atoms with E-state index in [1.165, 1.54) is 17.0 Å². The highest BCUT2D eigenvalue weighted by atomic mass is 35.5. The molecule has 39 heavy (non-hydrogen) atoms. The van der Waals surface area contributed by atoms with Crippen LogP contribution in [0.2, 0.25) is 5.02 Å². The largest absolute Gasteiger partial charge is 0.355 e. The third-order valence-corrected chi connectivity index (χ3v) is 8.50. The Balaban J connectivity index is 2.05. The summed E-state index contributed by atoms with van der Waals surface area (Å²) in [6.45, 7) is 7.81. The zero-order chi connectivity index (χ0) is 28.6. The van der Waals surface area contributed by atoms with Gasteiger partial charge in [-0.1, -0.05) is 74.8 Å². The first kappa shape index (κ1) is 30.2. The van der Waals surface area contributed by atoms with Crippen LogP contribution in [0.3, 0.4) is 0 Å². The second-order valence-electron chi connectivity index (χ2n) is 9.54. The summed E-state index contributed by atoms with van der Waals surface area (Å²) in [5.41, 5.74) is 2.19. The molecule has 0 spiro atoms. The number of sulfonamides is 1. The molecule has 0 aliphatic carbocycles. The highest BCUT2D eigenvalue weighted by Gasteiger charge is 2.33. The van der Waals surface area contributed by atoms with Gasteiger partial charge in [-0.3, -0.25) is 13.9 Å². The maximum absolute atomic E-state index is 14.0. The van der Waals surface area contributed by atoms with Crippen LogP contribution in [-0.2, 0) is 26.2 Å². The summed E-state index contributed by atoms with van der Waals surface area (Å²) < 4.78 is 28.8. The number of benzene rings is 3. The molecule has 0 aliphatic heterocycles. The van der Waals surface area contributed by atoms with Gasteiger partial charge in [-0.25, -0.2) is 8.42 Å². The Morgan fingerprint density at radius 3 is 2.05 bits per heavy atom. The Morgan fingerprint density at radius 1 is 0.897 bits per heavy atom. The number of hydrogen-bond donors (Lipinski definition) is 1. The number of anilines is 1.